The zero-order chi connectivity index (χ0) is 16.4. The molecule has 1 atom stereocenters. The molecule has 1 heterocycles. The van der Waals surface area contributed by atoms with Gasteiger partial charge in [0.1, 0.15) is 17.8 Å². The molecular formula is C8H12F6N4OP2. The van der Waals surface area contributed by atoms with E-state index in [1.807, 2.05) is 40.4 Å². The second-order valence-electron chi connectivity index (χ2n) is 3.99. The molecule has 0 radical (unpaired) electrons. The SMILES string of the molecule is CN(CO)[PH2+]n1nnc2ccccc21.F[P-](F)(F)(F)(F)F. The van der Waals surface area contributed by atoms with Crippen LogP contribution in [0.25, 0.3) is 11.0 Å². The molecule has 0 spiro atoms. The fourth-order valence-corrected chi connectivity index (χ4v) is 2.08. The monoisotopic (exact) mass is 356 g/mol. The van der Waals surface area contributed by atoms with Crippen LogP contribution in [-0.4, -0.2) is 38.3 Å². The molecule has 2 rings (SSSR count). The van der Waals surface area contributed by atoms with E-state index in [4.69, 9.17) is 5.11 Å². The number of para-hydroxylation sites is 1. The molecule has 1 N–H and O–H groups in total. The standard InChI is InChI=1S/C8H11N4OP.F6P/c1-11(6-13)14-12-8-5-3-2-4-7(8)9-10-12;1-7(2,3,4,5)6/h2-5,13-14H,6H2,1H3;/q;-1/p+1. The van der Waals surface area contributed by atoms with Crippen molar-refractivity contribution in [2.75, 3.05) is 13.8 Å². The van der Waals surface area contributed by atoms with Crippen LogP contribution in [0.1, 0.15) is 0 Å². The van der Waals surface area contributed by atoms with Crippen molar-refractivity contribution in [2.24, 2.45) is 0 Å². The Hall–Kier alpha value is -1.02. The summed E-state index contributed by atoms with van der Waals surface area (Å²) in [4.78, 5) is 0. The zero-order valence-electron chi connectivity index (χ0n) is 10.5. The minimum absolute atomic E-state index is 0.0452. The summed E-state index contributed by atoms with van der Waals surface area (Å²) in [5.74, 6) is 0. The number of hydrogen-bond acceptors (Lipinski definition) is 4. The van der Waals surface area contributed by atoms with E-state index in [9.17, 15) is 25.2 Å². The van der Waals surface area contributed by atoms with Crippen molar-refractivity contribution in [3.63, 3.8) is 0 Å². The fraction of sp³-hybridized carbons (Fsp3) is 0.250. The van der Waals surface area contributed by atoms with Crippen molar-refractivity contribution >= 4 is 27.7 Å². The van der Waals surface area contributed by atoms with Gasteiger partial charge in [-0.15, -0.1) is 14.2 Å². The van der Waals surface area contributed by atoms with Gasteiger partial charge in [0.25, 0.3) is 0 Å². The fourth-order valence-electron chi connectivity index (χ4n) is 1.20. The summed E-state index contributed by atoms with van der Waals surface area (Å²) < 4.78 is 62.9. The van der Waals surface area contributed by atoms with E-state index in [0.29, 0.717) is 0 Å². The van der Waals surface area contributed by atoms with Gasteiger partial charge in [0, 0.05) is 7.05 Å². The van der Waals surface area contributed by atoms with Crippen LogP contribution in [0.15, 0.2) is 24.3 Å². The molecule has 0 saturated carbocycles. The first-order valence-corrected chi connectivity index (χ1v) is 8.35. The minimum atomic E-state index is -10.7. The van der Waals surface area contributed by atoms with E-state index in [-0.39, 0.29) is 15.6 Å². The van der Waals surface area contributed by atoms with E-state index >= 15 is 0 Å². The van der Waals surface area contributed by atoms with Crippen molar-refractivity contribution in [3.8, 4) is 0 Å². The molecule has 0 aliphatic carbocycles. The van der Waals surface area contributed by atoms with Crippen molar-refractivity contribution in [2.45, 2.75) is 0 Å². The molecule has 0 aliphatic heterocycles. The summed E-state index contributed by atoms with van der Waals surface area (Å²) in [6, 6.07) is 7.80. The molecule has 1 aromatic carbocycles. The predicted molar refractivity (Wildman–Crippen MR) is 71.1 cm³/mol. The molecule has 0 aliphatic rings. The zero-order valence-corrected chi connectivity index (χ0v) is 12.6. The van der Waals surface area contributed by atoms with Crippen molar-refractivity contribution in [1.82, 2.24) is 19.4 Å². The van der Waals surface area contributed by atoms with Crippen LogP contribution >= 0.6 is 16.7 Å². The number of aromatic nitrogens is 3. The van der Waals surface area contributed by atoms with Gasteiger partial charge in [-0.3, -0.25) is 0 Å². The number of benzene rings is 1. The molecule has 0 saturated heterocycles. The van der Waals surface area contributed by atoms with Gasteiger partial charge < -0.3 is 5.11 Å². The Kier molecular flexibility index (Phi) is 4.56. The van der Waals surface area contributed by atoms with E-state index in [1.54, 1.807) is 0 Å². The second-order valence-corrected chi connectivity index (χ2v) is 7.51. The Morgan fingerprint density at radius 3 is 2.24 bits per heavy atom. The number of aliphatic hydroxyl groups is 1. The normalized spacial score (nSPS) is 15.9. The first-order chi connectivity index (χ1) is 9.26. The molecule has 1 aromatic heterocycles. The topological polar surface area (TPSA) is 54.2 Å². The molecule has 13 heteroatoms. The maximum absolute atomic E-state index is 10.7. The van der Waals surface area contributed by atoms with Crippen LogP contribution < -0.4 is 0 Å². The average Bonchev–Trinajstić information content (AvgIpc) is 2.69. The molecule has 122 valence electrons. The van der Waals surface area contributed by atoms with Gasteiger partial charge in [0.15, 0.2) is 8.88 Å². The van der Waals surface area contributed by atoms with Crippen LogP contribution in [0, 0.1) is 0 Å². The first kappa shape index (κ1) is 18.0. The Bertz CT molecular complexity index is 604. The summed E-state index contributed by atoms with van der Waals surface area (Å²) in [5, 5.41) is 17.0. The van der Waals surface area contributed by atoms with Gasteiger partial charge in [-0.05, 0) is 17.3 Å². The van der Waals surface area contributed by atoms with E-state index in [1.165, 1.54) is 0 Å². The van der Waals surface area contributed by atoms with Crippen LogP contribution in [0.2, 0.25) is 0 Å². The van der Waals surface area contributed by atoms with Gasteiger partial charge in [0.2, 0.25) is 0 Å². The number of halogens is 6. The quantitative estimate of drug-likeness (QED) is 0.517. The van der Waals surface area contributed by atoms with Crippen LogP contribution in [0.4, 0.5) is 25.2 Å². The summed E-state index contributed by atoms with van der Waals surface area (Å²) in [7, 11) is -9.03. The second kappa shape index (κ2) is 5.31. The Balaban J connectivity index is 0.000000270. The third-order valence-corrected chi connectivity index (χ3v) is 3.06. The van der Waals surface area contributed by atoms with E-state index in [0.717, 1.165) is 11.0 Å². The third-order valence-electron chi connectivity index (χ3n) is 1.91. The summed E-state index contributed by atoms with van der Waals surface area (Å²) in [6.45, 7) is 0.0452. The number of aliphatic hydroxyl groups excluding tert-OH is 1. The molecule has 1 unspecified atom stereocenters. The summed E-state index contributed by atoms with van der Waals surface area (Å²) >= 11 is 0. The number of nitrogens with zero attached hydrogens (tertiary/aromatic N) is 4. The van der Waals surface area contributed by atoms with Crippen molar-refractivity contribution in [3.05, 3.63) is 24.3 Å². The molecule has 0 bridgehead atoms. The Morgan fingerprint density at radius 2 is 1.71 bits per heavy atom. The van der Waals surface area contributed by atoms with Gasteiger partial charge in [-0.25, -0.2) is 0 Å². The molecule has 0 fully saturated rings. The van der Waals surface area contributed by atoms with Crippen LogP contribution in [0.5, 0.6) is 0 Å². The predicted octanol–water partition coefficient (Wildman–Crippen LogP) is 3.78. The summed E-state index contributed by atoms with van der Waals surface area (Å²) in [5.41, 5.74) is 1.91. The van der Waals surface area contributed by atoms with Gasteiger partial charge >= 0.3 is 33.0 Å². The molecule has 2 aromatic rings. The van der Waals surface area contributed by atoms with Gasteiger partial charge in [-0.1, -0.05) is 12.1 Å². The first-order valence-electron chi connectivity index (χ1n) is 5.28. The van der Waals surface area contributed by atoms with Crippen molar-refractivity contribution < 1.29 is 30.3 Å². The van der Waals surface area contributed by atoms with Gasteiger partial charge in [-0.2, -0.15) is 0 Å². The van der Waals surface area contributed by atoms with Gasteiger partial charge in [0.05, 0.1) is 0 Å². The van der Waals surface area contributed by atoms with Crippen molar-refractivity contribution in [1.29, 1.82) is 0 Å². The molecule has 5 nitrogen and oxygen atoms in total. The van der Waals surface area contributed by atoms with E-state index < -0.39 is 7.81 Å². The number of rotatable bonds is 3. The third kappa shape index (κ3) is 8.77. The molecule has 21 heavy (non-hydrogen) atoms. The molecular weight excluding hydrogens is 344 g/mol. The summed E-state index contributed by atoms with van der Waals surface area (Å²) in [6.07, 6.45) is 0. The Morgan fingerprint density at radius 1 is 1.19 bits per heavy atom. The average molecular weight is 356 g/mol. The number of fused-ring (bicyclic) bond motifs is 1. The molecule has 0 amide bonds. The Labute approximate surface area is 116 Å². The van der Waals surface area contributed by atoms with E-state index in [2.05, 4.69) is 10.3 Å². The number of hydrogen-bond donors (Lipinski definition) is 1. The van der Waals surface area contributed by atoms with Crippen LogP contribution in [-0.2, 0) is 0 Å². The van der Waals surface area contributed by atoms with Crippen LogP contribution in [0.3, 0.4) is 0 Å². The maximum atomic E-state index is 9.87.